The van der Waals surface area contributed by atoms with Gasteiger partial charge in [0.05, 0.1) is 18.2 Å². The number of pyridine rings is 1. The van der Waals surface area contributed by atoms with Gasteiger partial charge in [0.25, 0.3) is 0 Å². The van der Waals surface area contributed by atoms with Gasteiger partial charge in [-0.05, 0) is 64.1 Å². The van der Waals surface area contributed by atoms with Crippen molar-refractivity contribution in [3.05, 3.63) is 65.5 Å². The van der Waals surface area contributed by atoms with Gasteiger partial charge in [-0.3, -0.25) is 0 Å². The number of fused-ring (bicyclic) bond motifs is 3. The summed E-state index contributed by atoms with van der Waals surface area (Å²) >= 11 is 0. The van der Waals surface area contributed by atoms with Gasteiger partial charge in [0.15, 0.2) is 0 Å². The zero-order valence-electron chi connectivity index (χ0n) is 20.0. The van der Waals surface area contributed by atoms with Crippen LogP contribution in [0.1, 0.15) is 44.0 Å². The largest absolute Gasteiger partial charge is 0.374 e. The normalized spacial score (nSPS) is 23.2. The van der Waals surface area contributed by atoms with E-state index in [4.69, 9.17) is 14.7 Å². The summed E-state index contributed by atoms with van der Waals surface area (Å²) in [7, 11) is 1.95. The molecule has 0 bridgehead atoms. The van der Waals surface area contributed by atoms with Gasteiger partial charge >= 0.3 is 0 Å². The van der Waals surface area contributed by atoms with Crippen molar-refractivity contribution in [1.29, 1.82) is 0 Å². The van der Waals surface area contributed by atoms with E-state index in [1.54, 1.807) is 0 Å². The molecule has 2 aliphatic heterocycles. The van der Waals surface area contributed by atoms with Crippen LogP contribution in [0.4, 0.5) is 23.3 Å². The summed E-state index contributed by atoms with van der Waals surface area (Å²) in [5.41, 5.74) is 3.88. The van der Waals surface area contributed by atoms with E-state index in [1.807, 2.05) is 26.2 Å². The van der Waals surface area contributed by atoms with Crippen molar-refractivity contribution in [1.82, 2.24) is 20.3 Å². The molecular formula is C26H32N6O. The molecule has 1 saturated heterocycles. The fourth-order valence-electron chi connectivity index (χ4n) is 4.96. The molecule has 0 aliphatic carbocycles. The standard InChI is InChI=1S/C26H32N6O/c1-17-7-6-8-22(29-17)32-21-13-25(2,3)33-16-26(21,4)20-15-28-24(31-23(20)32)30-19-11-9-18(10-12-19)14-27-5/h6-12,15,21,27H,13-14,16H2,1-5H3,(H,28,30,31)/t21-,26-/m1/s1. The van der Waals surface area contributed by atoms with Crippen molar-refractivity contribution >= 4 is 23.3 Å². The fraction of sp³-hybridized carbons (Fsp3) is 0.423. The Hall–Kier alpha value is -3.03. The third-order valence-corrected chi connectivity index (χ3v) is 6.82. The van der Waals surface area contributed by atoms with Crippen molar-refractivity contribution < 1.29 is 4.74 Å². The van der Waals surface area contributed by atoms with Gasteiger partial charge in [-0.15, -0.1) is 0 Å². The number of nitrogens with one attached hydrogen (secondary N) is 2. The number of aromatic nitrogens is 3. The van der Waals surface area contributed by atoms with Crippen molar-refractivity contribution in [2.45, 2.75) is 57.7 Å². The number of benzene rings is 1. The van der Waals surface area contributed by atoms with Gasteiger partial charge in [0, 0.05) is 35.1 Å². The predicted molar refractivity (Wildman–Crippen MR) is 131 cm³/mol. The molecular weight excluding hydrogens is 412 g/mol. The van der Waals surface area contributed by atoms with Crippen molar-refractivity contribution in [3.63, 3.8) is 0 Å². The Bertz CT molecular complexity index is 1160. The Kier molecular flexibility index (Phi) is 5.34. The molecule has 2 atom stereocenters. The lowest BCUT2D eigenvalue weighted by molar-refractivity contribution is -0.0893. The molecule has 33 heavy (non-hydrogen) atoms. The number of aryl methyl sites for hydroxylation is 1. The molecule has 7 nitrogen and oxygen atoms in total. The maximum atomic E-state index is 6.28. The first-order valence-corrected chi connectivity index (χ1v) is 11.5. The summed E-state index contributed by atoms with van der Waals surface area (Å²) in [6.45, 7) is 10.1. The van der Waals surface area contributed by atoms with E-state index < -0.39 is 0 Å². The quantitative estimate of drug-likeness (QED) is 0.595. The number of rotatable bonds is 5. The van der Waals surface area contributed by atoms with Gasteiger partial charge in [-0.2, -0.15) is 4.98 Å². The van der Waals surface area contributed by atoms with Crippen LogP contribution >= 0.6 is 0 Å². The van der Waals surface area contributed by atoms with Crippen molar-refractivity contribution in [2.75, 3.05) is 23.9 Å². The second-order valence-corrected chi connectivity index (χ2v) is 9.98. The lowest BCUT2D eigenvalue weighted by Crippen LogP contribution is -2.54. The molecule has 2 N–H and O–H groups in total. The van der Waals surface area contributed by atoms with Crippen molar-refractivity contribution in [3.8, 4) is 0 Å². The molecule has 1 fully saturated rings. The van der Waals surface area contributed by atoms with Crippen molar-refractivity contribution in [2.24, 2.45) is 0 Å². The van der Waals surface area contributed by atoms with Gasteiger partial charge in [-0.1, -0.05) is 25.1 Å². The number of hydrogen-bond donors (Lipinski definition) is 2. The minimum absolute atomic E-state index is 0.191. The number of hydrogen-bond acceptors (Lipinski definition) is 7. The second-order valence-electron chi connectivity index (χ2n) is 9.98. The average molecular weight is 445 g/mol. The summed E-state index contributed by atoms with van der Waals surface area (Å²) in [4.78, 5) is 16.9. The molecule has 2 aliphatic rings. The Morgan fingerprint density at radius 2 is 1.88 bits per heavy atom. The SMILES string of the molecule is CNCc1ccc(Nc2ncc3c(n2)N(c2cccc(C)n2)[C@@H]2CC(C)(C)OC[C@]32C)cc1. The fourth-order valence-corrected chi connectivity index (χ4v) is 4.96. The Morgan fingerprint density at radius 3 is 2.61 bits per heavy atom. The zero-order chi connectivity index (χ0) is 23.2. The first kappa shape index (κ1) is 21.8. The number of anilines is 4. The van der Waals surface area contributed by atoms with Gasteiger partial charge in [0.2, 0.25) is 5.95 Å². The first-order chi connectivity index (χ1) is 15.8. The molecule has 4 heterocycles. The van der Waals surface area contributed by atoms with Crippen LogP contribution in [0.3, 0.4) is 0 Å². The highest BCUT2D eigenvalue weighted by Crippen LogP contribution is 2.52. The van der Waals surface area contributed by atoms with Crippen LogP contribution in [0.15, 0.2) is 48.7 Å². The van der Waals surface area contributed by atoms with E-state index in [9.17, 15) is 0 Å². The Labute approximate surface area is 195 Å². The predicted octanol–water partition coefficient (Wildman–Crippen LogP) is 4.62. The highest BCUT2D eigenvalue weighted by molar-refractivity contribution is 5.71. The van der Waals surface area contributed by atoms with E-state index in [2.05, 4.69) is 77.7 Å². The average Bonchev–Trinajstić information content (AvgIpc) is 3.02. The van der Waals surface area contributed by atoms with Gasteiger partial charge in [0.1, 0.15) is 11.6 Å². The highest BCUT2D eigenvalue weighted by atomic mass is 16.5. The zero-order valence-corrected chi connectivity index (χ0v) is 20.0. The smallest absolute Gasteiger partial charge is 0.229 e. The minimum Gasteiger partial charge on any atom is -0.374 e. The van der Waals surface area contributed by atoms with Crippen LogP contribution in [-0.4, -0.2) is 40.2 Å². The molecule has 172 valence electrons. The minimum atomic E-state index is -0.210. The maximum absolute atomic E-state index is 6.28. The molecule has 2 aromatic heterocycles. The lowest BCUT2D eigenvalue weighted by Gasteiger charge is -2.46. The third-order valence-electron chi connectivity index (χ3n) is 6.82. The molecule has 5 rings (SSSR count). The Balaban J connectivity index is 1.54. The van der Waals surface area contributed by atoms with E-state index >= 15 is 0 Å². The van der Waals surface area contributed by atoms with Crippen LogP contribution in [0.5, 0.6) is 0 Å². The number of nitrogens with zero attached hydrogens (tertiary/aromatic N) is 4. The topological polar surface area (TPSA) is 75.2 Å². The van der Waals surface area contributed by atoms with Crippen LogP contribution in [0.2, 0.25) is 0 Å². The lowest BCUT2D eigenvalue weighted by atomic mass is 9.73. The van der Waals surface area contributed by atoms with Crippen LogP contribution < -0.4 is 15.5 Å². The molecule has 0 spiro atoms. The summed E-state index contributed by atoms with van der Waals surface area (Å²) in [6.07, 6.45) is 2.84. The number of ether oxygens (including phenoxy) is 1. The molecule has 0 amide bonds. The highest BCUT2D eigenvalue weighted by Gasteiger charge is 2.55. The third kappa shape index (κ3) is 3.96. The van der Waals surface area contributed by atoms with Gasteiger partial charge in [-0.25, -0.2) is 9.97 Å². The second kappa shape index (κ2) is 8.08. The summed E-state index contributed by atoms with van der Waals surface area (Å²) in [5.74, 6) is 2.41. The summed E-state index contributed by atoms with van der Waals surface area (Å²) < 4.78 is 6.28. The van der Waals surface area contributed by atoms with Crippen LogP contribution in [0, 0.1) is 6.92 Å². The molecule has 0 saturated carbocycles. The molecule has 1 aromatic carbocycles. The van der Waals surface area contributed by atoms with E-state index in [1.165, 1.54) is 5.56 Å². The Morgan fingerprint density at radius 1 is 1.09 bits per heavy atom. The first-order valence-electron chi connectivity index (χ1n) is 11.5. The monoisotopic (exact) mass is 444 g/mol. The molecule has 3 aromatic rings. The van der Waals surface area contributed by atoms with E-state index in [0.29, 0.717) is 12.6 Å². The molecule has 0 radical (unpaired) electrons. The molecule has 7 heteroatoms. The summed E-state index contributed by atoms with van der Waals surface area (Å²) in [6, 6.07) is 14.7. The maximum Gasteiger partial charge on any atom is 0.229 e. The van der Waals surface area contributed by atoms with E-state index in [0.717, 1.165) is 41.5 Å². The van der Waals surface area contributed by atoms with Crippen LogP contribution in [-0.2, 0) is 16.7 Å². The van der Waals surface area contributed by atoms with E-state index in [-0.39, 0.29) is 17.1 Å². The molecule has 0 unspecified atom stereocenters. The summed E-state index contributed by atoms with van der Waals surface area (Å²) in [5, 5.41) is 6.55. The van der Waals surface area contributed by atoms with Gasteiger partial charge < -0.3 is 20.3 Å². The van der Waals surface area contributed by atoms with Crippen LogP contribution in [0.25, 0.3) is 0 Å².